The van der Waals surface area contributed by atoms with E-state index in [0.717, 1.165) is 29.7 Å². The summed E-state index contributed by atoms with van der Waals surface area (Å²) in [6, 6.07) is 0. The van der Waals surface area contributed by atoms with Crippen LogP contribution in [0.5, 0.6) is 0 Å². The molecule has 0 saturated heterocycles. The first-order valence-corrected chi connectivity index (χ1v) is 9.10. The molecule has 0 radical (unpaired) electrons. The van der Waals surface area contributed by atoms with Gasteiger partial charge in [0.1, 0.15) is 17.6 Å². The minimum Gasteiger partial charge on any atom is -0.469 e. The van der Waals surface area contributed by atoms with E-state index < -0.39 is 6.10 Å². The van der Waals surface area contributed by atoms with Gasteiger partial charge in [0.05, 0.1) is 12.2 Å². The van der Waals surface area contributed by atoms with E-state index in [9.17, 15) is 9.59 Å². The van der Waals surface area contributed by atoms with E-state index in [-0.39, 0.29) is 29.0 Å². The van der Waals surface area contributed by atoms with E-state index in [1.807, 2.05) is 20.8 Å². The standard InChI is InChI=1S/C20H28O4/c1-6-11(2)19(22)24-18-17-12(3)10-23-16(17)9-14-15(21)8-7-13(4)20(14,18)5/h10-11,13-14,18H,6-9H2,1-5H3/t11?,13-,14+,18+,20+/m0/s1. The lowest BCUT2D eigenvalue weighted by Gasteiger charge is -2.51. The molecule has 1 saturated carbocycles. The van der Waals surface area contributed by atoms with E-state index in [2.05, 4.69) is 13.8 Å². The smallest absolute Gasteiger partial charge is 0.309 e. The zero-order valence-electron chi connectivity index (χ0n) is 15.3. The summed E-state index contributed by atoms with van der Waals surface area (Å²) >= 11 is 0. The number of fused-ring (bicyclic) bond motifs is 2. The van der Waals surface area contributed by atoms with Crippen LogP contribution in [0.25, 0.3) is 0 Å². The number of carbonyl (C=O) groups is 2. The number of hydrogen-bond donors (Lipinski definition) is 0. The second kappa shape index (κ2) is 6.05. The Bertz CT molecular complexity index is 659. The van der Waals surface area contributed by atoms with Crippen LogP contribution in [0.4, 0.5) is 0 Å². The van der Waals surface area contributed by atoms with Crippen molar-refractivity contribution in [1.29, 1.82) is 0 Å². The van der Waals surface area contributed by atoms with Crippen LogP contribution < -0.4 is 0 Å². The van der Waals surface area contributed by atoms with E-state index >= 15 is 0 Å². The van der Waals surface area contributed by atoms with Crippen LogP contribution in [0.2, 0.25) is 0 Å². The molecule has 2 aliphatic rings. The summed E-state index contributed by atoms with van der Waals surface area (Å²) in [7, 11) is 0. The number of ether oxygens (including phenoxy) is 1. The van der Waals surface area contributed by atoms with Crippen molar-refractivity contribution in [3.05, 3.63) is 23.2 Å². The highest BCUT2D eigenvalue weighted by atomic mass is 16.5. The van der Waals surface area contributed by atoms with Gasteiger partial charge in [-0.25, -0.2) is 0 Å². The first kappa shape index (κ1) is 17.2. The van der Waals surface area contributed by atoms with Crippen molar-refractivity contribution in [2.45, 2.75) is 66.4 Å². The maximum atomic E-state index is 12.6. The third-order valence-electron chi connectivity index (χ3n) is 6.59. The van der Waals surface area contributed by atoms with Crippen LogP contribution in [0.15, 0.2) is 10.7 Å². The lowest BCUT2D eigenvalue weighted by atomic mass is 9.53. The lowest BCUT2D eigenvalue weighted by molar-refractivity contribution is -0.176. The van der Waals surface area contributed by atoms with E-state index in [0.29, 0.717) is 18.8 Å². The highest BCUT2D eigenvalue weighted by Gasteiger charge is 2.57. The number of esters is 1. The molecule has 132 valence electrons. The predicted octanol–water partition coefficient (Wildman–Crippen LogP) is 4.40. The number of Topliss-reactive ketones (excluding diaryl/α,β-unsaturated/α-hetero) is 1. The van der Waals surface area contributed by atoms with Crippen LogP contribution in [0.1, 0.15) is 69.9 Å². The second-order valence-electron chi connectivity index (χ2n) is 7.91. The lowest BCUT2D eigenvalue weighted by Crippen LogP contribution is -2.51. The van der Waals surface area contributed by atoms with E-state index in [1.165, 1.54) is 0 Å². The Morgan fingerprint density at radius 2 is 2.21 bits per heavy atom. The van der Waals surface area contributed by atoms with Crippen LogP contribution in [-0.2, 0) is 20.7 Å². The Morgan fingerprint density at radius 1 is 1.50 bits per heavy atom. The van der Waals surface area contributed by atoms with E-state index in [1.54, 1.807) is 6.26 Å². The monoisotopic (exact) mass is 332 g/mol. The molecule has 1 aromatic heterocycles. The minimum atomic E-state index is -0.397. The Labute approximate surface area is 143 Å². The van der Waals surface area contributed by atoms with Gasteiger partial charge in [-0.15, -0.1) is 0 Å². The van der Waals surface area contributed by atoms with Gasteiger partial charge in [-0.05, 0) is 31.2 Å². The zero-order valence-corrected chi connectivity index (χ0v) is 15.3. The highest BCUT2D eigenvalue weighted by molar-refractivity contribution is 5.84. The summed E-state index contributed by atoms with van der Waals surface area (Å²) in [5, 5.41) is 0. The SMILES string of the molecule is CCC(C)C(=O)O[C@@H]1c2c(C)coc2C[C@@H]2C(=O)CC[C@H](C)[C@]21C. The average Bonchev–Trinajstić information content (AvgIpc) is 2.93. The normalized spacial score (nSPS) is 33.5. The molecule has 1 heterocycles. The maximum Gasteiger partial charge on any atom is 0.309 e. The molecule has 2 aliphatic carbocycles. The predicted molar refractivity (Wildman–Crippen MR) is 90.4 cm³/mol. The fourth-order valence-corrected chi connectivity index (χ4v) is 4.41. The number of ketones is 1. The maximum absolute atomic E-state index is 12.6. The zero-order chi connectivity index (χ0) is 17.6. The molecule has 0 N–H and O–H groups in total. The average molecular weight is 332 g/mol. The first-order chi connectivity index (χ1) is 11.3. The van der Waals surface area contributed by atoms with Crippen molar-refractivity contribution < 1.29 is 18.7 Å². The molecule has 0 bridgehead atoms. The molecule has 1 unspecified atom stereocenters. The van der Waals surface area contributed by atoms with Gasteiger partial charge in [-0.2, -0.15) is 0 Å². The molecule has 0 spiro atoms. The molecular weight excluding hydrogens is 304 g/mol. The summed E-state index contributed by atoms with van der Waals surface area (Å²) in [5.74, 6) is 0.964. The number of hydrogen-bond acceptors (Lipinski definition) is 4. The minimum absolute atomic E-state index is 0.131. The van der Waals surface area contributed by atoms with Crippen molar-refractivity contribution >= 4 is 11.8 Å². The van der Waals surface area contributed by atoms with Gasteiger partial charge in [0.25, 0.3) is 0 Å². The molecule has 0 aliphatic heterocycles. The van der Waals surface area contributed by atoms with Crippen molar-refractivity contribution in [3.63, 3.8) is 0 Å². The fraction of sp³-hybridized carbons (Fsp3) is 0.700. The van der Waals surface area contributed by atoms with Crippen molar-refractivity contribution in [2.75, 3.05) is 0 Å². The summed E-state index contributed by atoms with van der Waals surface area (Å²) in [5.41, 5.74) is 1.64. The Hall–Kier alpha value is -1.58. The summed E-state index contributed by atoms with van der Waals surface area (Å²) < 4.78 is 11.8. The summed E-state index contributed by atoms with van der Waals surface area (Å²) in [6.07, 6.45) is 4.17. The van der Waals surface area contributed by atoms with Gasteiger partial charge in [0.2, 0.25) is 0 Å². The van der Waals surface area contributed by atoms with Gasteiger partial charge in [-0.3, -0.25) is 9.59 Å². The van der Waals surface area contributed by atoms with Crippen LogP contribution in [0, 0.1) is 30.1 Å². The molecular formula is C20H28O4. The molecule has 3 rings (SSSR count). The quantitative estimate of drug-likeness (QED) is 0.770. The van der Waals surface area contributed by atoms with Gasteiger partial charge >= 0.3 is 5.97 Å². The molecule has 4 heteroatoms. The van der Waals surface area contributed by atoms with Crippen molar-refractivity contribution in [1.82, 2.24) is 0 Å². The number of aryl methyl sites for hydroxylation is 1. The van der Waals surface area contributed by atoms with Gasteiger partial charge in [-0.1, -0.05) is 27.7 Å². The summed E-state index contributed by atoms with van der Waals surface area (Å²) in [4.78, 5) is 25.2. The van der Waals surface area contributed by atoms with E-state index in [4.69, 9.17) is 9.15 Å². The number of carbonyl (C=O) groups excluding carboxylic acids is 2. The van der Waals surface area contributed by atoms with Crippen LogP contribution in [0.3, 0.4) is 0 Å². The highest BCUT2D eigenvalue weighted by Crippen LogP contribution is 2.58. The Balaban J connectivity index is 2.08. The second-order valence-corrected chi connectivity index (χ2v) is 7.91. The van der Waals surface area contributed by atoms with Crippen molar-refractivity contribution in [2.24, 2.45) is 23.2 Å². The number of rotatable bonds is 3. The molecule has 1 aromatic rings. The largest absolute Gasteiger partial charge is 0.469 e. The van der Waals surface area contributed by atoms with Crippen LogP contribution >= 0.6 is 0 Å². The topological polar surface area (TPSA) is 56.5 Å². The first-order valence-electron chi connectivity index (χ1n) is 9.10. The molecule has 24 heavy (non-hydrogen) atoms. The Kier molecular flexibility index (Phi) is 4.35. The van der Waals surface area contributed by atoms with Crippen molar-refractivity contribution in [3.8, 4) is 0 Å². The Morgan fingerprint density at radius 3 is 2.88 bits per heavy atom. The third-order valence-corrected chi connectivity index (χ3v) is 6.59. The molecule has 0 amide bonds. The summed E-state index contributed by atoms with van der Waals surface area (Å²) in [6.45, 7) is 10.2. The molecule has 1 fully saturated rings. The van der Waals surface area contributed by atoms with Gasteiger partial charge < -0.3 is 9.15 Å². The fourth-order valence-electron chi connectivity index (χ4n) is 4.41. The van der Waals surface area contributed by atoms with Crippen LogP contribution in [-0.4, -0.2) is 11.8 Å². The molecule has 4 nitrogen and oxygen atoms in total. The number of furan rings is 1. The third kappa shape index (κ3) is 2.42. The molecule has 0 aromatic carbocycles. The van der Waals surface area contributed by atoms with Gasteiger partial charge in [0, 0.05) is 29.7 Å². The van der Waals surface area contributed by atoms with Gasteiger partial charge in [0.15, 0.2) is 0 Å². The molecule has 5 atom stereocenters.